The summed E-state index contributed by atoms with van der Waals surface area (Å²) >= 11 is 0. The summed E-state index contributed by atoms with van der Waals surface area (Å²) in [7, 11) is 2.82. The third kappa shape index (κ3) is 4.98. The van der Waals surface area contributed by atoms with E-state index in [4.69, 9.17) is 14.4 Å². The van der Waals surface area contributed by atoms with Crippen molar-refractivity contribution >= 4 is 11.4 Å². The number of ether oxygens (including phenoxy) is 1. The van der Waals surface area contributed by atoms with E-state index >= 15 is 0 Å². The van der Waals surface area contributed by atoms with Crippen LogP contribution in [0.3, 0.4) is 0 Å². The molecule has 0 unspecified atom stereocenters. The Labute approximate surface area is 148 Å². The van der Waals surface area contributed by atoms with Crippen LogP contribution in [-0.2, 0) is 15.9 Å². The lowest BCUT2D eigenvalue weighted by molar-refractivity contribution is -0.137. The smallest absolute Gasteiger partial charge is 0.416 e. The number of oxime groups is 2. The highest BCUT2D eigenvalue weighted by Gasteiger charge is 2.30. The lowest BCUT2D eigenvalue weighted by atomic mass is 10.1. The molecule has 0 heterocycles. The molecule has 2 rings (SSSR count). The summed E-state index contributed by atoms with van der Waals surface area (Å²) in [6.07, 6.45) is -4.42. The first-order chi connectivity index (χ1) is 12.3. The molecule has 0 saturated carbocycles. The predicted molar refractivity (Wildman–Crippen MR) is 91.6 cm³/mol. The van der Waals surface area contributed by atoms with Gasteiger partial charge in [-0.25, -0.2) is 0 Å². The van der Waals surface area contributed by atoms with Crippen molar-refractivity contribution in [2.24, 2.45) is 10.3 Å². The fraction of sp³-hybridized carbons (Fsp3) is 0.222. The number of benzene rings is 2. The Bertz CT molecular complexity index is 800. The van der Waals surface area contributed by atoms with Gasteiger partial charge in [-0.2, -0.15) is 13.2 Å². The number of rotatable bonds is 6. The molecule has 8 heteroatoms. The van der Waals surface area contributed by atoms with Gasteiger partial charge in [0.1, 0.15) is 37.1 Å². The highest BCUT2D eigenvalue weighted by atomic mass is 19.4. The van der Waals surface area contributed by atoms with Crippen LogP contribution in [0.2, 0.25) is 0 Å². The second kappa shape index (κ2) is 8.37. The number of halogens is 3. The summed E-state index contributed by atoms with van der Waals surface area (Å²) in [5, 5.41) is 7.72. The van der Waals surface area contributed by atoms with Crippen LogP contribution in [0.15, 0.2) is 58.8 Å². The molecule has 138 valence electrons. The maximum atomic E-state index is 12.8. The van der Waals surface area contributed by atoms with Crippen molar-refractivity contribution in [2.45, 2.75) is 13.1 Å². The molecule has 0 spiro atoms. The first kappa shape index (κ1) is 19.3. The fourth-order valence-corrected chi connectivity index (χ4v) is 2.15. The molecule has 0 bridgehead atoms. The first-order valence-electron chi connectivity index (χ1n) is 7.50. The van der Waals surface area contributed by atoms with Gasteiger partial charge < -0.3 is 14.4 Å². The van der Waals surface area contributed by atoms with Crippen LogP contribution in [0.1, 0.15) is 18.1 Å². The van der Waals surface area contributed by atoms with Gasteiger partial charge in [0.15, 0.2) is 0 Å². The second-order valence-corrected chi connectivity index (χ2v) is 5.13. The number of hydrogen-bond donors (Lipinski definition) is 0. The Hall–Kier alpha value is -3.03. The van der Waals surface area contributed by atoms with E-state index in [0.717, 1.165) is 12.1 Å². The van der Waals surface area contributed by atoms with Crippen molar-refractivity contribution in [1.82, 2.24) is 0 Å². The Morgan fingerprint density at radius 2 is 1.54 bits per heavy atom. The number of hydrogen-bond acceptors (Lipinski definition) is 5. The van der Waals surface area contributed by atoms with Crippen molar-refractivity contribution in [1.29, 1.82) is 0 Å². The monoisotopic (exact) mass is 366 g/mol. The summed E-state index contributed by atoms with van der Waals surface area (Å²) in [6, 6.07) is 11.3. The SMILES string of the molecule is CON=C(C)C(=NOC)c1ccc(Oc2cccc(C(F)(F)F)c2)cc1. The van der Waals surface area contributed by atoms with Gasteiger partial charge in [0.2, 0.25) is 0 Å². The van der Waals surface area contributed by atoms with E-state index in [1.165, 1.54) is 26.4 Å². The molecule has 0 radical (unpaired) electrons. The summed E-state index contributed by atoms with van der Waals surface area (Å²) in [5.41, 5.74) is 0.870. The Balaban J connectivity index is 2.22. The lowest BCUT2D eigenvalue weighted by Crippen LogP contribution is -2.13. The highest BCUT2D eigenvalue weighted by molar-refractivity contribution is 6.47. The van der Waals surface area contributed by atoms with Crippen molar-refractivity contribution < 1.29 is 27.6 Å². The minimum absolute atomic E-state index is 0.0930. The molecular formula is C18H17F3N2O3. The van der Waals surface area contributed by atoms with E-state index in [1.807, 2.05) is 0 Å². The van der Waals surface area contributed by atoms with E-state index in [2.05, 4.69) is 10.3 Å². The molecule has 0 aromatic heterocycles. The number of nitrogens with zero attached hydrogens (tertiary/aromatic N) is 2. The summed E-state index contributed by atoms with van der Waals surface area (Å²) in [4.78, 5) is 9.54. The third-order valence-corrected chi connectivity index (χ3v) is 3.28. The zero-order chi connectivity index (χ0) is 19.2. The summed E-state index contributed by atoms with van der Waals surface area (Å²) in [5.74, 6) is 0.474. The van der Waals surface area contributed by atoms with Crippen molar-refractivity contribution in [2.75, 3.05) is 14.2 Å². The van der Waals surface area contributed by atoms with Crippen LogP contribution in [0.4, 0.5) is 13.2 Å². The summed E-state index contributed by atoms with van der Waals surface area (Å²) in [6.45, 7) is 1.70. The van der Waals surface area contributed by atoms with Crippen molar-refractivity contribution in [3.05, 3.63) is 59.7 Å². The van der Waals surface area contributed by atoms with E-state index < -0.39 is 11.7 Å². The topological polar surface area (TPSA) is 52.4 Å². The minimum Gasteiger partial charge on any atom is -0.457 e. The average molecular weight is 366 g/mol. The maximum Gasteiger partial charge on any atom is 0.416 e. The number of alkyl halides is 3. The molecule has 0 aliphatic heterocycles. The molecular weight excluding hydrogens is 349 g/mol. The van der Waals surface area contributed by atoms with Gasteiger partial charge in [0.25, 0.3) is 0 Å². The molecule has 0 saturated heterocycles. The molecule has 0 amide bonds. The Morgan fingerprint density at radius 1 is 0.885 bits per heavy atom. The second-order valence-electron chi connectivity index (χ2n) is 5.13. The molecule has 26 heavy (non-hydrogen) atoms. The first-order valence-corrected chi connectivity index (χ1v) is 7.50. The van der Waals surface area contributed by atoms with Crippen LogP contribution in [0.5, 0.6) is 11.5 Å². The van der Waals surface area contributed by atoms with Gasteiger partial charge in [0.05, 0.1) is 5.56 Å². The quantitative estimate of drug-likeness (QED) is 0.541. The molecule has 5 nitrogen and oxygen atoms in total. The van der Waals surface area contributed by atoms with E-state index in [9.17, 15) is 13.2 Å². The standard InChI is InChI=1S/C18H17F3N2O3/c1-12(22-24-2)17(23-25-3)13-7-9-15(10-8-13)26-16-6-4-5-14(11-16)18(19,20)21/h4-11H,1-3H3. The van der Waals surface area contributed by atoms with E-state index in [1.54, 1.807) is 31.2 Å². The molecule has 0 aliphatic rings. The Morgan fingerprint density at radius 3 is 2.12 bits per heavy atom. The lowest BCUT2D eigenvalue weighted by Gasteiger charge is -2.11. The predicted octanol–water partition coefficient (Wildman–Crippen LogP) is 4.87. The van der Waals surface area contributed by atoms with E-state index in [-0.39, 0.29) is 5.75 Å². The molecule has 0 fully saturated rings. The van der Waals surface area contributed by atoms with Crippen molar-refractivity contribution in [3.63, 3.8) is 0 Å². The van der Waals surface area contributed by atoms with Gasteiger partial charge >= 0.3 is 6.18 Å². The van der Waals surface area contributed by atoms with Gasteiger partial charge in [-0.3, -0.25) is 0 Å². The molecule has 2 aromatic carbocycles. The molecule has 0 aliphatic carbocycles. The highest BCUT2D eigenvalue weighted by Crippen LogP contribution is 2.32. The van der Waals surface area contributed by atoms with Crippen LogP contribution >= 0.6 is 0 Å². The van der Waals surface area contributed by atoms with Gasteiger partial charge in [-0.05, 0) is 49.4 Å². The minimum atomic E-state index is -4.42. The van der Waals surface area contributed by atoms with Gasteiger partial charge in [-0.15, -0.1) is 0 Å². The van der Waals surface area contributed by atoms with Gasteiger partial charge in [-0.1, -0.05) is 16.4 Å². The van der Waals surface area contributed by atoms with Crippen LogP contribution in [0.25, 0.3) is 0 Å². The van der Waals surface area contributed by atoms with Crippen LogP contribution in [0, 0.1) is 0 Å². The van der Waals surface area contributed by atoms with Crippen LogP contribution < -0.4 is 4.74 Å². The zero-order valence-corrected chi connectivity index (χ0v) is 14.4. The fourth-order valence-electron chi connectivity index (χ4n) is 2.15. The third-order valence-electron chi connectivity index (χ3n) is 3.28. The normalized spacial score (nSPS) is 12.7. The summed E-state index contributed by atoms with van der Waals surface area (Å²) < 4.78 is 43.8. The zero-order valence-electron chi connectivity index (χ0n) is 14.4. The van der Waals surface area contributed by atoms with Crippen molar-refractivity contribution in [3.8, 4) is 11.5 Å². The molecule has 2 aromatic rings. The van der Waals surface area contributed by atoms with Gasteiger partial charge in [0, 0.05) is 5.56 Å². The maximum absolute atomic E-state index is 12.8. The Kier molecular flexibility index (Phi) is 6.21. The molecule has 0 N–H and O–H groups in total. The van der Waals surface area contributed by atoms with Crippen LogP contribution in [-0.4, -0.2) is 25.6 Å². The molecule has 0 atom stereocenters. The largest absolute Gasteiger partial charge is 0.457 e. The average Bonchev–Trinajstić information content (AvgIpc) is 2.60. The van der Waals surface area contributed by atoms with E-state index in [0.29, 0.717) is 22.7 Å².